The number of halogens is 3. The number of fused-ring (bicyclic) bond motifs is 1. The van der Waals surface area contributed by atoms with E-state index in [4.69, 9.17) is 0 Å². The Hall–Kier alpha value is -1.56. The van der Waals surface area contributed by atoms with Crippen LogP contribution in [0.4, 0.5) is 13.2 Å². The highest BCUT2D eigenvalue weighted by Crippen LogP contribution is 2.29. The van der Waals surface area contributed by atoms with E-state index in [9.17, 15) is 13.2 Å². The third-order valence-corrected chi connectivity index (χ3v) is 2.28. The number of nitrogens with zero attached hydrogens (tertiary/aromatic N) is 2. The van der Waals surface area contributed by atoms with Crippen LogP contribution in [0.3, 0.4) is 0 Å². The number of rotatable bonds is 2. The molecular weight excluding hydrogens is 219 g/mol. The van der Waals surface area contributed by atoms with E-state index in [1.165, 1.54) is 12.4 Å². The van der Waals surface area contributed by atoms with Gasteiger partial charge >= 0.3 is 6.18 Å². The molecule has 0 fully saturated rings. The molecule has 0 radical (unpaired) electrons. The standard InChI is InChI=1S/C10H10F3N3/c1-14-5-7-3-2-4-16-8(7)6-15-9(16)10(11,12)13/h2-4,6,14H,5H2,1H3. The van der Waals surface area contributed by atoms with E-state index in [2.05, 4.69) is 10.3 Å². The molecule has 0 saturated heterocycles. The van der Waals surface area contributed by atoms with Gasteiger partial charge in [0, 0.05) is 12.7 Å². The molecule has 3 nitrogen and oxygen atoms in total. The second-order valence-electron chi connectivity index (χ2n) is 3.40. The molecule has 6 heteroatoms. The van der Waals surface area contributed by atoms with Crippen molar-refractivity contribution in [2.45, 2.75) is 12.7 Å². The smallest absolute Gasteiger partial charge is 0.316 e. The highest BCUT2D eigenvalue weighted by Gasteiger charge is 2.35. The molecule has 0 unspecified atom stereocenters. The van der Waals surface area contributed by atoms with E-state index in [0.717, 1.165) is 9.96 Å². The second kappa shape index (κ2) is 3.79. The monoisotopic (exact) mass is 229 g/mol. The van der Waals surface area contributed by atoms with Crippen LogP contribution in [0.25, 0.3) is 5.52 Å². The zero-order chi connectivity index (χ0) is 11.8. The highest BCUT2D eigenvalue weighted by molar-refractivity contribution is 5.54. The van der Waals surface area contributed by atoms with Gasteiger partial charge in [-0.2, -0.15) is 13.2 Å². The minimum absolute atomic E-state index is 0.476. The van der Waals surface area contributed by atoms with Crippen molar-refractivity contribution in [2.75, 3.05) is 7.05 Å². The Morgan fingerprint density at radius 1 is 1.44 bits per heavy atom. The van der Waals surface area contributed by atoms with Gasteiger partial charge in [0.2, 0.25) is 5.82 Å². The maximum absolute atomic E-state index is 12.6. The summed E-state index contributed by atoms with van der Waals surface area (Å²) in [7, 11) is 1.74. The highest BCUT2D eigenvalue weighted by atomic mass is 19.4. The lowest BCUT2D eigenvalue weighted by Gasteiger charge is -2.07. The van der Waals surface area contributed by atoms with Crippen LogP contribution in [0.15, 0.2) is 24.5 Å². The Morgan fingerprint density at radius 3 is 2.81 bits per heavy atom. The summed E-state index contributed by atoms with van der Waals surface area (Å²) in [5, 5.41) is 2.90. The first-order valence-electron chi connectivity index (χ1n) is 4.71. The van der Waals surface area contributed by atoms with Gasteiger partial charge in [-0.05, 0) is 18.7 Å². The molecule has 0 atom stereocenters. The SMILES string of the molecule is CNCc1cccn2c(C(F)(F)F)ncc12. The fourth-order valence-corrected chi connectivity index (χ4v) is 1.63. The van der Waals surface area contributed by atoms with Crippen LogP contribution < -0.4 is 5.32 Å². The van der Waals surface area contributed by atoms with Gasteiger partial charge < -0.3 is 5.32 Å². The van der Waals surface area contributed by atoms with Gasteiger partial charge in [-0.1, -0.05) is 6.07 Å². The van der Waals surface area contributed by atoms with Crippen molar-refractivity contribution in [3.8, 4) is 0 Å². The third-order valence-electron chi connectivity index (χ3n) is 2.28. The average Bonchev–Trinajstić information content (AvgIpc) is 2.62. The summed E-state index contributed by atoms with van der Waals surface area (Å²) in [6.45, 7) is 0.507. The van der Waals surface area contributed by atoms with Crippen molar-refractivity contribution in [3.63, 3.8) is 0 Å². The maximum atomic E-state index is 12.6. The Labute approximate surface area is 89.9 Å². The molecule has 0 spiro atoms. The molecule has 2 aromatic heterocycles. The van der Waals surface area contributed by atoms with E-state index in [1.54, 1.807) is 19.2 Å². The third kappa shape index (κ3) is 1.76. The van der Waals surface area contributed by atoms with Gasteiger partial charge in [-0.15, -0.1) is 0 Å². The van der Waals surface area contributed by atoms with E-state index in [0.29, 0.717) is 12.1 Å². The quantitative estimate of drug-likeness (QED) is 0.854. The molecule has 0 aliphatic heterocycles. The second-order valence-corrected chi connectivity index (χ2v) is 3.40. The minimum atomic E-state index is -4.43. The first-order valence-corrected chi connectivity index (χ1v) is 4.71. The van der Waals surface area contributed by atoms with Crippen molar-refractivity contribution in [1.29, 1.82) is 0 Å². The molecule has 0 aromatic carbocycles. The lowest BCUT2D eigenvalue weighted by atomic mass is 10.2. The maximum Gasteiger partial charge on any atom is 0.450 e. The van der Waals surface area contributed by atoms with Gasteiger partial charge in [0.05, 0.1) is 11.7 Å². The van der Waals surface area contributed by atoms with Crippen molar-refractivity contribution in [1.82, 2.24) is 14.7 Å². The van der Waals surface area contributed by atoms with E-state index in [1.807, 2.05) is 0 Å². The number of hydrogen-bond donors (Lipinski definition) is 1. The zero-order valence-corrected chi connectivity index (χ0v) is 8.54. The predicted octanol–water partition coefficient (Wildman–Crippen LogP) is 2.07. The van der Waals surface area contributed by atoms with Crippen LogP contribution in [0.2, 0.25) is 0 Å². The normalized spacial score (nSPS) is 12.2. The lowest BCUT2D eigenvalue weighted by molar-refractivity contribution is -0.145. The minimum Gasteiger partial charge on any atom is -0.316 e. The molecule has 0 aliphatic carbocycles. The fraction of sp³-hybridized carbons (Fsp3) is 0.300. The summed E-state index contributed by atoms with van der Waals surface area (Å²) >= 11 is 0. The molecule has 2 heterocycles. The zero-order valence-electron chi connectivity index (χ0n) is 8.54. The first kappa shape index (κ1) is 10.9. The molecule has 16 heavy (non-hydrogen) atoms. The Kier molecular flexibility index (Phi) is 2.59. The molecular formula is C10H10F3N3. The lowest BCUT2D eigenvalue weighted by Crippen LogP contribution is -2.11. The van der Waals surface area contributed by atoms with Crippen LogP contribution in [0.1, 0.15) is 11.4 Å². The molecule has 0 bridgehead atoms. The summed E-state index contributed by atoms with van der Waals surface area (Å²) in [6, 6.07) is 3.35. The van der Waals surface area contributed by atoms with E-state index in [-0.39, 0.29) is 0 Å². The number of nitrogens with one attached hydrogen (secondary N) is 1. The number of alkyl halides is 3. The Bertz CT molecular complexity index is 501. The fourth-order valence-electron chi connectivity index (χ4n) is 1.63. The molecule has 0 aliphatic rings. The molecule has 1 N–H and O–H groups in total. The molecule has 0 saturated carbocycles. The largest absolute Gasteiger partial charge is 0.450 e. The van der Waals surface area contributed by atoms with Crippen LogP contribution in [0, 0.1) is 0 Å². The predicted molar refractivity (Wildman–Crippen MR) is 53.0 cm³/mol. The van der Waals surface area contributed by atoms with E-state index >= 15 is 0 Å². The average molecular weight is 229 g/mol. The molecule has 2 aromatic rings. The van der Waals surface area contributed by atoms with Crippen molar-refractivity contribution >= 4 is 5.52 Å². The van der Waals surface area contributed by atoms with Gasteiger partial charge in [-0.3, -0.25) is 4.40 Å². The molecule has 2 rings (SSSR count). The van der Waals surface area contributed by atoms with Crippen LogP contribution in [-0.4, -0.2) is 16.4 Å². The summed E-state index contributed by atoms with van der Waals surface area (Å²) in [5.41, 5.74) is 1.26. The molecule has 0 amide bonds. The Balaban J connectivity index is 2.62. The summed E-state index contributed by atoms with van der Waals surface area (Å²) in [4.78, 5) is 3.42. The number of hydrogen-bond acceptors (Lipinski definition) is 2. The number of pyridine rings is 1. The topological polar surface area (TPSA) is 29.3 Å². The van der Waals surface area contributed by atoms with Crippen molar-refractivity contribution in [3.05, 3.63) is 35.9 Å². The van der Waals surface area contributed by atoms with Crippen LogP contribution in [-0.2, 0) is 12.7 Å². The van der Waals surface area contributed by atoms with E-state index < -0.39 is 12.0 Å². The summed E-state index contributed by atoms with van der Waals surface area (Å²) < 4.78 is 38.8. The first-order chi connectivity index (χ1) is 7.54. The summed E-state index contributed by atoms with van der Waals surface area (Å²) in [6.07, 6.45) is -1.81. The van der Waals surface area contributed by atoms with Gasteiger partial charge in [0.25, 0.3) is 0 Å². The van der Waals surface area contributed by atoms with Crippen LogP contribution >= 0.6 is 0 Å². The van der Waals surface area contributed by atoms with Crippen molar-refractivity contribution < 1.29 is 13.2 Å². The van der Waals surface area contributed by atoms with Gasteiger partial charge in [0.15, 0.2) is 0 Å². The van der Waals surface area contributed by atoms with Crippen molar-refractivity contribution in [2.24, 2.45) is 0 Å². The number of aromatic nitrogens is 2. The van der Waals surface area contributed by atoms with Gasteiger partial charge in [-0.25, -0.2) is 4.98 Å². The molecule has 86 valence electrons. The summed E-state index contributed by atoms with van der Waals surface area (Å²) in [5.74, 6) is -0.888. The number of imidazole rings is 1. The van der Waals surface area contributed by atoms with Crippen LogP contribution in [0.5, 0.6) is 0 Å². The van der Waals surface area contributed by atoms with Gasteiger partial charge in [0.1, 0.15) is 0 Å². The Morgan fingerprint density at radius 2 is 2.19 bits per heavy atom.